The van der Waals surface area contributed by atoms with Crippen LogP contribution in [0.5, 0.6) is 0 Å². The number of hydrogen-bond donors (Lipinski definition) is 1. The summed E-state index contributed by atoms with van der Waals surface area (Å²) >= 11 is 0. The Morgan fingerprint density at radius 3 is 2.22 bits per heavy atom. The van der Waals surface area contributed by atoms with Crippen LogP contribution in [0.1, 0.15) is 52.9 Å². The highest BCUT2D eigenvalue weighted by molar-refractivity contribution is 4.84. The van der Waals surface area contributed by atoms with Gasteiger partial charge in [0, 0.05) is 19.1 Å². The van der Waals surface area contributed by atoms with Crippen molar-refractivity contribution in [2.24, 2.45) is 29.4 Å². The molecule has 2 N–H and O–H groups in total. The van der Waals surface area contributed by atoms with E-state index in [0.29, 0.717) is 0 Å². The predicted octanol–water partition coefficient (Wildman–Crippen LogP) is 3.12. The van der Waals surface area contributed by atoms with Crippen LogP contribution < -0.4 is 5.73 Å². The molecule has 0 spiro atoms. The van der Waals surface area contributed by atoms with Crippen LogP contribution in [0.2, 0.25) is 0 Å². The standard InChI is InChI=1S/C16H32N2/c1-12-8-13(2)14(3)18(10-12)11-16-6-4-15(9-17)5-7-16/h12-16H,4-11,17H2,1-3H3. The second-order valence-corrected chi connectivity index (χ2v) is 7.14. The van der Waals surface area contributed by atoms with Gasteiger partial charge in [0.2, 0.25) is 0 Å². The van der Waals surface area contributed by atoms with Crippen molar-refractivity contribution >= 4 is 0 Å². The van der Waals surface area contributed by atoms with Crippen molar-refractivity contribution in [3.05, 3.63) is 0 Å². The number of nitrogens with zero attached hydrogens (tertiary/aromatic N) is 1. The lowest BCUT2D eigenvalue weighted by molar-refractivity contribution is 0.0554. The van der Waals surface area contributed by atoms with Gasteiger partial charge in [0.1, 0.15) is 0 Å². The maximum atomic E-state index is 5.78. The maximum absolute atomic E-state index is 5.78. The molecular formula is C16H32N2. The summed E-state index contributed by atoms with van der Waals surface area (Å²) in [4.78, 5) is 2.77. The minimum atomic E-state index is 0.786. The maximum Gasteiger partial charge on any atom is 0.00928 e. The van der Waals surface area contributed by atoms with Gasteiger partial charge in [0.25, 0.3) is 0 Å². The minimum Gasteiger partial charge on any atom is -0.330 e. The molecule has 2 fully saturated rings. The summed E-state index contributed by atoms with van der Waals surface area (Å²) in [5, 5.41) is 0. The molecule has 1 aliphatic heterocycles. The molecule has 3 unspecified atom stereocenters. The number of nitrogens with two attached hydrogens (primary N) is 1. The van der Waals surface area contributed by atoms with E-state index in [1.165, 1.54) is 45.2 Å². The van der Waals surface area contributed by atoms with E-state index in [1.54, 1.807) is 0 Å². The molecule has 1 aliphatic carbocycles. The highest BCUT2D eigenvalue weighted by atomic mass is 15.2. The normalized spacial score (nSPS) is 43.0. The number of rotatable bonds is 3. The van der Waals surface area contributed by atoms with Crippen LogP contribution in [0.3, 0.4) is 0 Å². The van der Waals surface area contributed by atoms with Crippen LogP contribution in [-0.4, -0.2) is 30.6 Å². The van der Waals surface area contributed by atoms with Crippen molar-refractivity contribution in [3.63, 3.8) is 0 Å². The SMILES string of the molecule is CC1CC(C)C(C)N(CC2CCC(CN)CC2)C1. The first kappa shape index (κ1) is 14.3. The summed E-state index contributed by atoms with van der Waals surface area (Å²) < 4.78 is 0. The third-order valence-electron chi connectivity index (χ3n) is 5.51. The lowest BCUT2D eigenvalue weighted by Crippen LogP contribution is -2.48. The van der Waals surface area contributed by atoms with Gasteiger partial charge in [-0.05, 0) is 69.2 Å². The number of likely N-dealkylation sites (tertiary alicyclic amines) is 1. The Hall–Kier alpha value is -0.0800. The third-order valence-corrected chi connectivity index (χ3v) is 5.51. The molecule has 1 saturated carbocycles. The van der Waals surface area contributed by atoms with E-state index in [-0.39, 0.29) is 0 Å². The molecule has 18 heavy (non-hydrogen) atoms. The van der Waals surface area contributed by atoms with Crippen LogP contribution in [0.15, 0.2) is 0 Å². The zero-order chi connectivity index (χ0) is 13.1. The quantitative estimate of drug-likeness (QED) is 0.836. The van der Waals surface area contributed by atoms with E-state index in [1.807, 2.05) is 0 Å². The summed E-state index contributed by atoms with van der Waals surface area (Å²) in [5.74, 6) is 3.51. The zero-order valence-electron chi connectivity index (χ0n) is 12.6. The first-order valence-electron chi connectivity index (χ1n) is 8.04. The van der Waals surface area contributed by atoms with Gasteiger partial charge >= 0.3 is 0 Å². The molecular weight excluding hydrogens is 220 g/mol. The molecule has 0 aromatic rings. The minimum absolute atomic E-state index is 0.786. The molecule has 1 heterocycles. The topological polar surface area (TPSA) is 29.3 Å². The lowest BCUT2D eigenvalue weighted by Gasteiger charge is -2.43. The molecule has 2 heteroatoms. The van der Waals surface area contributed by atoms with Gasteiger partial charge in [-0.1, -0.05) is 13.8 Å². The fourth-order valence-corrected chi connectivity index (χ4v) is 4.05. The first-order chi connectivity index (χ1) is 8.60. The molecule has 0 bridgehead atoms. The van der Waals surface area contributed by atoms with Crippen LogP contribution in [0.4, 0.5) is 0 Å². The Morgan fingerprint density at radius 2 is 1.61 bits per heavy atom. The number of hydrogen-bond acceptors (Lipinski definition) is 2. The average Bonchev–Trinajstić information content (AvgIpc) is 2.36. The molecule has 1 saturated heterocycles. The Balaban J connectivity index is 1.81. The van der Waals surface area contributed by atoms with Crippen molar-refractivity contribution < 1.29 is 0 Å². The van der Waals surface area contributed by atoms with Crippen molar-refractivity contribution in [3.8, 4) is 0 Å². The monoisotopic (exact) mass is 252 g/mol. The molecule has 0 aromatic heterocycles. The zero-order valence-corrected chi connectivity index (χ0v) is 12.6. The van der Waals surface area contributed by atoms with E-state index >= 15 is 0 Å². The second kappa shape index (κ2) is 6.38. The fraction of sp³-hybridized carbons (Fsp3) is 1.00. The highest BCUT2D eigenvalue weighted by Crippen LogP contribution is 2.32. The Bertz CT molecular complexity index is 245. The Labute approximate surface area is 113 Å². The van der Waals surface area contributed by atoms with E-state index in [2.05, 4.69) is 25.7 Å². The van der Waals surface area contributed by atoms with Crippen LogP contribution >= 0.6 is 0 Å². The van der Waals surface area contributed by atoms with E-state index in [4.69, 9.17) is 5.73 Å². The van der Waals surface area contributed by atoms with E-state index in [0.717, 1.165) is 36.3 Å². The smallest absolute Gasteiger partial charge is 0.00928 e. The molecule has 3 atom stereocenters. The van der Waals surface area contributed by atoms with Gasteiger partial charge in [-0.25, -0.2) is 0 Å². The number of piperidine rings is 1. The molecule has 0 amide bonds. The fourth-order valence-electron chi connectivity index (χ4n) is 4.05. The predicted molar refractivity (Wildman–Crippen MR) is 78.5 cm³/mol. The van der Waals surface area contributed by atoms with Gasteiger partial charge < -0.3 is 5.73 Å². The molecule has 106 valence electrons. The third kappa shape index (κ3) is 3.48. The van der Waals surface area contributed by atoms with Gasteiger partial charge in [0.15, 0.2) is 0 Å². The van der Waals surface area contributed by atoms with Crippen molar-refractivity contribution in [1.29, 1.82) is 0 Å². The average molecular weight is 252 g/mol. The van der Waals surface area contributed by atoms with Crippen molar-refractivity contribution in [1.82, 2.24) is 4.90 Å². The van der Waals surface area contributed by atoms with Gasteiger partial charge in [-0.2, -0.15) is 0 Å². The van der Waals surface area contributed by atoms with Crippen LogP contribution in [0, 0.1) is 23.7 Å². The van der Waals surface area contributed by atoms with Gasteiger partial charge in [-0.3, -0.25) is 4.90 Å². The first-order valence-corrected chi connectivity index (χ1v) is 8.04. The Morgan fingerprint density at radius 1 is 1.00 bits per heavy atom. The molecule has 2 rings (SSSR count). The van der Waals surface area contributed by atoms with Crippen molar-refractivity contribution in [2.75, 3.05) is 19.6 Å². The summed E-state index contributed by atoms with van der Waals surface area (Å²) in [6.07, 6.45) is 6.97. The second-order valence-electron chi connectivity index (χ2n) is 7.14. The highest BCUT2D eigenvalue weighted by Gasteiger charge is 2.31. The summed E-state index contributed by atoms with van der Waals surface area (Å²) in [6.45, 7) is 10.8. The van der Waals surface area contributed by atoms with Crippen LogP contribution in [-0.2, 0) is 0 Å². The summed E-state index contributed by atoms with van der Waals surface area (Å²) in [5.41, 5.74) is 5.78. The van der Waals surface area contributed by atoms with Gasteiger partial charge in [-0.15, -0.1) is 0 Å². The Kier molecular flexibility index (Phi) is 5.08. The lowest BCUT2D eigenvalue weighted by atomic mass is 9.80. The van der Waals surface area contributed by atoms with Crippen molar-refractivity contribution in [2.45, 2.75) is 58.9 Å². The van der Waals surface area contributed by atoms with Gasteiger partial charge in [0.05, 0.1) is 0 Å². The van der Waals surface area contributed by atoms with E-state index < -0.39 is 0 Å². The molecule has 0 radical (unpaired) electrons. The van der Waals surface area contributed by atoms with E-state index in [9.17, 15) is 0 Å². The summed E-state index contributed by atoms with van der Waals surface area (Å²) in [7, 11) is 0. The molecule has 2 nitrogen and oxygen atoms in total. The largest absolute Gasteiger partial charge is 0.330 e. The van der Waals surface area contributed by atoms with Crippen LogP contribution in [0.25, 0.3) is 0 Å². The molecule has 0 aromatic carbocycles. The molecule has 2 aliphatic rings. The summed E-state index contributed by atoms with van der Waals surface area (Å²) in [6, 6.07) is 0.786.